The molecule has 1 aliphatic rings. The standard InChI is InChI=1S/C15H32N2/c1-6-15(7-2)17(10-12(3)4)11-14-8-9-16-13(14)5/h12-16H,6-11H2,1-5H3. The minimum absolute atomic E-state index is 0.707. The molecule has 0 bridgehead atoms. The molecular weight excluding hydrogens is 208 g/mol. The van der Waals surface area contributed by atoms with Gasteiger partial charge in [-0.15, -0.1) is 0 Å². The Kier molecular flexibility index (Phi) is 6.50. The molecule has 1 saturated heterocycles. The molecule has 0 amide bonds. The maximum Gasteiger partial charge on any atom is 0.00902 e. The third-order valence-corrected chi connectivity index (χ3v) is 4.22. The van der Waals surface area contributed by atoms with Crippen LogP contribution in [0.25, 0.3) is 0 Å². The quantitative estimate of drug-likeness (QED) is 0.735. The van der Waals surface area contributed by atoms with Crippen molar-refractivity contribution in [2.24, 2.45) is 11.8 Å². The lowest BCUT2D eigenvalue weighted by molar-refractivity contribution is 0.137. The van der Waals surface area contributed by atoms with E-state index >= 15 is 0 Å². The summed E-state index contributed by atoms with van der Waals surface area (Å²) in [6.07, 6.45) is 3.94. The number of hydrogen-bond acceptors (Lipinski definition) is 2. The average molecular weight is 240 g/mol. The van der Waals surface area contributed by atoms with Gasteiger partial charge in [-0.1, -0.05) is 27.7 Å². The van der Waals surface area contributed by atoms with Crippen molar-refractivity contribution in [3.05, 3.63) is 0 Å². The van der Waals surface area contributed by atoms with Crippen molar-refractivity contribution >= 4 is 0 Å². The van der Waals surface area contributed by atoms with Crippen LogP contribution in [0.2, 0.25) is 0 Å². The molecule has 2 unspecified atom stereocenters. The largest absolute Gasteiger partial charge is 0.314 e. The zero-order valence-electron chi connectivity index (χ0n) is 12.5. The molecule has 0 aromatic rings. The van der Waals surface area contributed by atoms with E-state index in [1.165, 1.54) is 38.9 Å². The van der Waals surface area contributed by atoms with Crippen LogP contribution in [0, 0.1) is 11.8 Å². The van der Waals surface area contributed by atoms with Crippen LogP contribution in [0.4, 0.5) is 0 Å². The van der Waals surface area contributed by atoms with E-state index in [0.29, 0.717) is 6.04 Å². The third-order valence-electron chi connectivity index (χ3n) is 4.22. The molecule has 2 atom stereocenters. The lowest BCUT2D eigenvalue weighted by atomic mass is 9.98. The highest BCUT2D eigenvalue weighted by molar-refractivity contribution is 4.84. The van der Waals surface area contributed by atoms with Gasteiger partial charge in [-0.25, -0.2) is 0 Å². The van der Waals surface area contributed by atoms with Gasteiger partial charge in [-0.3, -0.25) is 4.90 Å². The number of nitrogens with one attached hydrogen (secondary N) is 1. The maximum absolute atomic E-state index is 3.58. The van der Waals surface area contributed by atoms with Gasteiger partial charge in [0.15, 0.2) is 0 Å². The van der Waals surface area contributed by atoms with Crippen LogP contribution >= 0.6 is 0 Å². The predicted molar refractivity (Wildman–Crippen MR) is 76.4 cm³/mol. The topological polar surface area (TPSA) is 15.3 Å². The third kappa shape index (κ3) is 4.59. The van der Waals surface area contributed by atoms with Gasteiger partial charge in [-0.05, 0) is 44.6 Å². The smallest absolute Gasteiger partial charge is 0.00902 e. The summed E-state index contributed by atoms with van der Waals surface area (Å²) in [4.78, 5) is 2.75. The maximum atomic E-state index is 3.58. The summed E-state index contributed by atoms with van der Waals surface area (Å²) in [6.45, 7) is 15.4. The van der Waals surface area contributed by atoms with Gasteiger partial charge >= 0.3 is 0 Å². The lowest BCUT2D eigenvalue weighted by Gasteiger charge is -2.34. The summed E-state index contributed by atoms with van der Waals surface area (Å²) in [7, 11) is 0. The molecule has 2 heteroatoms. The van der Waals surface area contributed by atoms with Crippen LogP contribution in [-0.2, 0) is 0 Å². The van der Waals surface area contributed by atoms with Gasteiger partial charge in [0.05, 0.1) is 0 Å². The molecule has 0 aromatic carbocycles. The number of nitrogens with zero attached hydrogens (tertiary/aromatic N) is 1. The highest BCUT2D eigenvalue weighted by Crippen LogP contribution is 2.20. The molecule has 0 spiro atoms. The predicted octanol–water partition coefficient (Wildman–Crippen LogP) is 3.13. The van der Waals surface area contributed by atoms with Crippen LogP contribution < -0.4 is 5.32 Å². The first-order valence-corrected chi connectivity index (χ1v) is 7.55. The summed E-state index contributed by atoms with van der Waals surface area (Å²) >= 11 is 0. The fraction of sp³-hybridized carbons (Fsp3) is 1.00. The summed E-state index contributed by atoms with van der Waals surface area (Å²) in [5, 5.41) is 3.58. The molecular formula is C15H32N2. The van der Waals surface area contributed by atoms with E-state index in [4.69, 9.17) is 0 Å². The summed E-state index contributed by atoms with van der Waals surface area (Å²) in [5.41, 5.74) is 0. The molecule has 0 radical (unpaired) electrons. The van der Waals surface area contributed by atoms with Crippen molar-refractivity contribution in [3.63, 3.8) is 0 Å². The van der Waals surface area contributed by atoms with Crippen molar-refractivity contribution < 1.29 is 0 Å². The van der Waals surface area contributed by atoms with Gasteiger partial charge in [-0.2, -0.15) is 0 Å². The van der Waals surface area contributed by atoms with E-state index in [1.807, 2.05) is 0 Å². The second-order valence-electron chi connectivity index (χ2n) is 6.11. The normalized spacial score (nSPS) is 25.4. The van der Waals surface area contributed by atoms with Gasteiger partial charge in [0.2, 0.25) is 0 Å². The van der Waals surface area contributed by atoms with Crippen LogP contribution in [0.3, 0.4) is 0 Å². The van der Waals surface area contributed by atoms with Gasteiger partial charge in [0.1, 0.15) is 0 Å². The number of rotatable bonds is 7. The monoisotopic (exact) mass is 240 g/mol. The summed E-state index contributed by atoms with van der Waals surface area (Å²) in [5.74, 6) is 1.63. The van der Waals surface area contributed by atoms with Crippen molar-refractivity contribution in [2.45, 2.75) is 66.0 Å². The summed E-state index contributed by atoms with van der Waals surface area (Å²) in [6, 6.07) is 1.49. The minimum Gasteiger partial charge on any atom is -0.314 e. The van der Waals surface area contributed by atoms with Gasteiger partial charge < -0.3 is 5.32 Å². The van der Waals surface area contributed by atoms with E-state index in [2.05, 4.69) is 44.8 Å². The minimum atomic E-state index is 0.707. The first kappa shape index (κ1) is 15.0. The Labute approximate surface area is 108 Å². The van der Waals surface area contributed by atoms with Crippen LogP contribution in [0.5, 0.6) is 0 Å². The first-order chi connectivity index (χ1) is 8.08. The molecule has 1 fully saturated rings. The Hall–Kier alpha value is -0.0800. The summed E-state index contributed by atoms with van der Waals surface area (Å²) < 4.78 is 0. The van der Waals surface area contributed by atoms with Crippen LogP contribution in [0.1, 0.15) is 53.9 Å². The van der Waals surface area contributed by atoms with Crippen molar-refractivity contribution in [3.8, 4) is 0 Å². The highest BCUT2D eigenvalue weighted by atomic mass is 15.2. The van der Waals surface area contributed by atoms with E-state index < -0.39 is 0 Å². The van der Waals surface area contributed by atoms with Crippen molar-refractivity contribution in [1.29, 1.82) is 0 Å². The average Bonchev–Trinajstić information content (AvgIpc) is 2.65. The Morgan fingerprint density at radius 3 is 2.29 bits per heavy atom. The Balaban J connectivity index is 2.55. The SMILES string of the molecule is CCC(CC)N(CC(C)C)CC1CCNC1C. The fourth-order valence-corrected chi connectivity index (χ4v) is 3.11. The zero-order chi connectivity index (χ0) is 12.8. The van der Waals surface area contributed by atoms with Gasteiger partial charge in [0.25, 0.3) is 0 Å². The molecule has 0 aliphatic carbocycles. The molecule has 102 valence electrons. The molecule has 1 rings (SSSR count). The molecule has 0 saturated carbocycles. The second kappa shape index (κ2) is 7.38. The van der Waals surface area contributed by atoms with Crippen LogP contribution in [0.15, 0.2) is 0 Å². The first-order valence-electron chi connectivity index (χ1n) is 7.55. The number of hydrogen-bond donors (Lipinski definition) is 1. The van der Waals surface area contributed by atoms with Crippen LogP contribution in [-0.4, -0.2) is 36.6 Å². The van der Waals surface area contributed by atoms with Crippen molar-refractivity contribution in [2.75, 3.05) is 19.6 Å². The molecule has 1 aliphatic heterocycles. The van der Waals surface area contributed by atoms with Crippen molar-refractivity contribution in [1.82, 2.24) is 10.2 Å². The molecule has 17 heavy (non-hydrogen) atoms. The zero-order valence-corrected chi connectivity index (χ0v) is 12.5. The fourth-order valence-electron chi connectivity index (χ4n) is 3.11. The molecule has 1 heterocycles. The second-order valence-corrected chi connectivity index (χ2v) is 6.11. The molecule has 2 nitrogen and oxygen atoms in total. The van der Waals surface area contributed by atoms with E-state index in [-0.39, 0.29) is 0 Å². The Morgan fingerprint density at radius 1 is 1.24 bits per heavy atom. The lowest BCUT2D eigenvalue weighted by Crippen LogP contribution is -2.42. The highest BCUT2D eigenvalue weighted by Gasteiger charge is 2.27. The molecule has 1 N–H and O–H groups in total. The Bertz CT molecular complexity index is 199. The van der Waals surface area contributed by atoms with E-state index in [9.17, 15) is 0 Å². The molecule has 0 aromatic heterocycles. The van der Waals surface area contributed by atoms with Gasteiger partial charge in [0, 0.05) is 25.2 Å². The van der Waals surface area contributed by atoms with E-state index in [0.717, 1.165) is 17.9 Å². The van der Waals surface area contributed by atoms with E-state index in [1.54, 1.807) is 0 Å². The Morgan fingerprint density at radius 2 is 1.88 bits per heavy atom.